The maximum atomic E-state index is 12.5. The molecule has 124 valence electrons. The topological polar surface area (TPSA) is 49.4 Å². The van der Waals surface area contributed by atoms with Crippen molar-refractivity contribution in [2.24, 2.45) is 0 Å². The molecule has 0 radical (unpaired) electrons. The Bertz CT molecular complexity index is 727. The fraction of sp³-hybridized carbons (Fsp3) is 0.300. The van der Waals surface area contributed by atoms with Gasteiger partial charge in [0.1, 0.15) is 6.04 Å². The molecular formula is C20H22N2O2. The van der Waals surface area contributed by atoms with Crippen LogP contribution in [0, 0.1) is 0 Å². The molecule has 1 aliphatic heterocycles. The number of amides is 1. The average molecular weight is 322 g/mol. The Hall–Kier alpha value is -2.62. The number of para-hydroxylation sites is 1. The van der Waals surface area contributed by atoms with E-state index >= 15 is 0 Å². The van der Waals surface area contributed by atoms with Gasteiger partial charge in [0, 0.05) is 17.8 Å². The molecule has 0 fully saturated rings. The van der Waals surface area contributed by atoms with E-state index in [2.05, 4.69) is 22.3 Å². The normalized spacial score (nSPS) is 14.6. The maximum absolute atomic E-state index is 12.5. The summed E-state index contributed by atoms with van der Waals surface area (Å²) in [7, 11) is 0. The van der Waals surface area contributed by atoms with Gasteiger partial charge in [-0.1, -0.05) is 48.5 Å². The molecule has 0 aromatic heterocycles. The minimum Gasteiger partial charge on any atom is -0.360 e. The molecule has 3 rings (SSSR count). The van der Waals surface area contributed by atoms with Crippen LogP contribution < -0.4 is 10.2 Å². The Morgan fingerprint density at radius 1 is 1.08 bits per heavy atom. The molecule has 1 atom stereocenters. The number of carbonyl (C=O) groups is 2. The molecule has 4 nitrogen and oxygen atoms in total. The van der Waals surface area contributed by atoms with E-state index in [9.17, 15) is 9.59 Å². The van der Waals surface area contributed by atoms with Crippen LogP contribution in [0.15, 0.2) is 54.6 Å². The average Bonchev–Trinajstić information content (AvgIpc) is 2.65. The molecule has 0 bridgehead atoms. The van der Waals surface area contributed by atoms with Crippen molar-refractivity contribution >= 4 is 17.4 Å². The third-order valence-corrected chi connectivity index (χ3v) is 4.51. The number of benzene rings is 2. The van der Waals surface area contributed by atoms with E-state index in [1.165, 1.54) is 5.56 Å². The summed E-state index contributed by atoms with van der Waals surface area (Å²) in [5.41, 5.74) is 3.03. The lowest BCUT2D eigenvalue weighted by Gasteiger charge is -2.35. The van der Waals surface area contributed by atoms with Crippen LogP contribution in [-0.2, 0) is 11.2 Å². The Morgan fingerprint density at radius 2 is 1.79 bits per heavy atom. The van der Waals surface area contributed by atoms with Crippen molar-refractivity contribution in [2.75, 3.05) is 18.0 Å². The molecule has 0 aliphatic carbocycles. The first kappa shape index (κ1) is 16.2. The van der Waals surface area contributed by atoms with Crippen LogP contribution >= 0.6 is 0 Å². The van der Waals surface area contributed by atoms with Gasteiger partial charge < -0.3 is 10.2 Å². The van der Waals surface area contributed by atoms with Crippen molar-refractivity contribution in [1.29, 1.82) is 0 Å². The molecule has 4 heteroatoms. The number of nitrogens with one attached hydrogen (secondary N) is 1. The summed E-state index contributed by atoms with van der Waals surface area (Å²) < 4.78 is 0. The summed E-state index contributed by atoms with van der Waals surface area (Å²) in [5.74, 6) is -0.189. The van der Waals surface area contributed by atoms with Gasteiger partial charge in [-0.15, -0.1) is 0 Å². The second kappa shape index (κ2) is 7.30. The van der Waals surface area contributed by atoms with Gasteiger partial charge in [0.15, 0.2) is 5.78 Å². The third-order valence-electron chi connectivity index (χ3n) is 4.51. The molecule has 0 unspecified atom stereocenters. The minimum absolute atomic E-state index is 0.0304. The Kier molecular flexibility index (Phi) is 4.94. The molecule has 24 heavy (non-hydrogen) atoms. The lowest BCUT2D eigenvalue weighted by atomic mass is 10.00. The van der Waals surface area contributed by atoms with E-state index in [4.69, 9.17) is 0 Å². The van der Waals surface area contributed by atoms with Crippen molar-refractivity contribution in [3.05, 3.63) is 65.7 Å². The number of fused-ring (bicyclic) bond motifs is 1. The van der Waals surface area contributed by atoms with Crippen LogP contribution in [0.5, 0.6) is 0 Å². The van der Waals surface area contributed by atoms with Gasteiger partial charge in [0.25, 0.3) is 0 Å². The molecule has 0 saturated carbocycles. The van der Waals surface area contributed by atoms with E-state index in [-0.39, 0.29) is 24.3 Å². The number of carbonyl (C=O) groups excluding carboxylic acids is 2. The lowest BCUT2D eigenvalue weighted by molar-refractivity contribution is -0.121. The Labute approximate surface area is 142 Å². The zero-order valence-electron chi connectivity index (χ0n) is 13.9. The first-order valence-electron chi connectivity index (χ1n) is 8.37. The predicted octanol–water partition coefficient (Wildman–Crippen LogP) is 2.83. The fourth-order valence-corrected chi connectivity index (χ4v) is 3.15. The second-order valence-corrected chi connectivity index (χ2v) is 6.11. The fourth-order valence-electron chi connectivity index (χ4n) is 3.15. The highest BCUT2D eigenvalue weighted by atomic mass is 16.2. The molecule has 0 saturated heterocycles. The van der Waals surface area contributed by atoms with Gasteiger partial charge in [-0.25, -0.2) is 0 Å². The SMILES string of the molecule is C[C@H](C(=O)NCC(=O)c1ccccc1)N1CCCc2ccccc21. The van der Waals surface area contributed by atoms with Crippen LogP contribution in [0.3, 0.4) is 0 Å². The molecule has 1 aliphatic rings. The van der Waals surface area contributed by atoms with Crippen LogP contribution in [0.4, 0.5) is 5.69 Å². The van der Waals surface area contributed by atoms with Crippen LogP contribution in [0.25, 0.3) is 0 Å². The van der Waals surface area contributed by atoms with E-state index in [1.807, 2.05) is 37.3 Å². The highest BCUT2D eigenvalue weighted by Crippen LogP contribution is 2.28. The first-order chi connectivity index (χ1) is 11.7. The van der Waals surface area contributed by atoms with Gasteiger partial charge in [0.05, 0.1) is 6.54 Å². The standard InChI is InChI=1S/C20H22N2O2/c1-15(22-13-7-11-16-8-5-6-12-18(16)22)20(24)21-14-19(23)17-9-3-2-4-10-17/h2-6,8-10,12,15H,7,11,13-14H2,1H3,(H,21,24)/t15-/m1/s1. The Morgan fingerprint density at radius 3 is 2.58 bits per heavy atom. The van der Waals surface area contributed by atoms with Crippen LogP contribution in [0.1, 0.15) is 29.3 Å². The van der Waals surface area contributed by atoms with E-state index in [0.717, 1.165) is 25.1 Å². The number of nitrogens with zero attached hydrogens (tertiary/aromatic N) is 1. The lowest BCUT2D eigenvalue weighted by Crippen LogP contribution is -2.48. The summed E-state index contributed by atoms with van der Waals surface area (Å²) in [5, 5.41) is 2.78. The van der Waals surface area contributed by atoms with E-state index < -0.39 is 0 Å². The van der Waals surface area contributed by atoms with Crippen LogP contribution in [0.2, 0.25) is 0 Å². The van der Waals surface area contributed by atoms with Crippen molar-refractivity contribution in [3.63, 3.8) is 0 Å². The minimum atomic E-state index is -0.296. The molecule has 1 heterocycles. The molecule has 0 spiro atoms. The Balaban J connectivity index is 1.63. The molecule has 2 aromatic rings. The van der Waals surface area contributed by atoms with Gasteiger partial charge in [-0.2, -0.15) is 0 Å². The number of aryl methyl sites for hydroxylation is 1. The predicted molar refractivity (Wildman–Crippen MR) is 95.4 cm³/mol. The summed E-state index contributed by atoms with van der Waals surface area (Å²) in [6.45, 7) is 2.78. The van der Waals surface area contributed by atoms with Crippen molar-refractivity contribution in [2.45, 2.75) is 25.8 Å². The highest BCUT2D eigenvalue weighted by Gasteiger charge is 2.25. The molecule has 2 aromatic carbocycles. The number of anilines is 1. The van der Waals surface area contributed by atoms with Gasteiger partial charge >= 0.3 is 0 Å². The molecule has 1 amide bonds. The summed E-state index contributed by atoms with van der Waals surface area (Å²) >= 11 is 0. The highest BCUT2D eigenvalue weighted by molar-refractivity contribution is 6.00. The summed E-state index contributed by atoms with van der Waals surface area (Å²) in [6, 6.07) is 17.0. The number of hydrogen-bond acceptors (Lipinski definition) is 3. The second-order valence-electron chi connectivity index (χ2n) is 6.11. The largest absolute Gasteiger partial charge is 0.360 e. The first-order valence-corrected chi connectivity index (χ1v) is 8.37. The third kappa shape index (κ3) is 3.48. The number of Topliss-reactive ketones (excluding diaryl/α,β-unsaturated/α-hetero) is 1. The van der Waals surface area contributed by atoms with Gasteiger partial charge in [0.2, 0.25) is 5.91 Å². The zero-order valence-corrected chi connectivity index (χ0v) is 13.9. The summed E-state index contributed by atoms with van der Waals surface area (Å²) in [6.07, 6.45) is 2.09. The van der Waals surface area contributed by atoms with Crippen LogP contribution in [-0.4, -0.2) is 30.8 Å². The molecular weight excluding hydrogens is 300 g/mol. The molecule has 1 N–H and O–H groups in total. The van der Waals surface area contributed by atoms with E-state index in [1.54, 1.807) is 12.1 Å². The number of rotatable bonds is 5. The van der Waals surface area contributed by atoms with E-state index in [0.29, 0.717) is 5.56 Å². The number of hydrogen-bond donors (Lipinski definition) is 1. The van der Waals surface area contributed by atoms with Gasteiger partial charge in [-0.3, -0.25) is 9.59 Å². The monoisotopic (exact) mass is 322 g/mol. The quantitative estimate of drug-likeness (QED) is 0.861. The van der Waals surface area contributed by atoms with Gasteiger partial charge in [-0.05, 0) is 31.4 Å². The number of ketones is 1. The maximum Gasteiger partial charge on any atom is 0.242 e. The zero-order chi connectivity index (χ0) is 16.9. The van der Waals surface area contributed by atoms with Crippen molar-refractivity contribution in [3.8, 4) is 0 Å². The smallest absolute Gasteiger partial charge is 0.242 e. The van der Waals surface area contributed by atoms with Crippen molar-refractivity contribution in [1.82, 2.24) is 5.32 Å². The summed E-state index contributed by atoms with van der Waals surface area (Å²) in [4.78, 5) is 26.7. The van der Waals surface area contributed by atoms with Crippen molar-refractivity contribution < 1.29 is 9.59 Å².